The average Bonchev–Trinajstić information content (AvgIpc) is 3.40. The van der Waals surface area contributed by atoms with Crippen LogP contribution in [0.4, 0.5) is 8.78 Å². The van der Waals surface area contributed by atoms with Gasteiger partial charge < -0.3 is 15.0 Å². The second-order valence-corrected chi connectivity index (χ2v) is 7.61. The van der Waals surface area contributed by atoms with E-state index in [0.717, 1.165) is 41.4 Å². The molecule has 2 N–H and O–H groups in total. The molecule has 5 rings (SSSR count). The molecular weight excluding hydrogens is 378 g/mol. The minimum Gasteiger partial charge on any atom is -0.478 e. The lowest BCUT2D eigenvalue weighted by Gasteiger charge is -2.23. The zero-order valence-corrected chi connectivity index (χ0v) is 15.2. The Bertz CT molecular complexity index is 1220. The van der Waals surface area contributed by atoms with Crippen molar-refractivity contribution in [2.24, 2.45) is 0 Å². The van der Waals surface area contributed by atoms with Gasteiger partial charge in [-0.1, -0.05) is 18.2 Å². The van der Waals surface area contributed by atoms with Crippen LogP contribution in [-0.4, -0.2) is 33.4 Å². The Kier molecular flexibility index (Phi) is 3.65. The molecule has 146 valence electrons. The molecule has 1 saturated carbocycles. The van der Waals surface area contributed by atoms with Crippen LogP contribution in [0.15, 0.2) is 48.7 Å². The summed E-state index contributed by atoms with van der Waals surface area (Å²) in [5.41, 5.74) is 1.82. The Hall–Kier alpha value is -3.48. The summed E-state index contributed by atoms with van der Waals surface area (Å²) in [5.74, 6) is -3.90. The highest BCUT2D eigenvalue weighted by Crippen LogP contribution is 2.54. The van der Waals surface area contributed by atoms with E-state index in [4.69, 9.17) is 0 Å². The molecular formula is C22H16F2N2O3. The minimum atomic E-state index is -1.17. The van der Waals surface area contributed by atoms with Gasteiger partial charge in [-0.05, 0) is 42.7 Å². The highest BCUT2D eigenvalue weighted by Gasteiger charge is 2.51. The van der Waals surface area contributed by atoms with Gasteiger partial charge in [0.25, 0.3) is 5.91 Å². The number of nitrogens with one attached hydrogen (secondary N) is 1. The Morgan fingerprint density at radius 2 is 1.83 bits per heavy atom. The van der Waals surface area contributed by atoms with E-state index in [9.17, 15) is 23.5 Å². The van der Waals surface area contributed by atoms with Crippen LogP contribution in [0.3, 0.4) is 0 Å². The molecule has 0 radical (unpaired) electrons. The van der Waals surface area contributed by atoms with Crippen LogP contribution in [0.2, 0.25) is 0 Å². The van der Waals surface area contributed by atoms with Crippen molar-refractivity contribution >= 4 is 28.4 Å². The standard InChI is InChI=1S/C22H16F2N2O3/c23-15-6-5-12(9-16(15)24)20(27)26-10-14(21(28)29)19-18(22(11-26)7-8-22)13-3-1-2-4-17(13)25-19/h1-6,9-10,25H,7-8,11H2,(H,28,29). The van der Waals surface area contributed by atoms with Crippen LogP contribution in [0, 0.1) is 11.6 Å². The molecule has 5 nitrogen and oxygen atoms in total. The van der Waals surface area contributed by atoms with E-state index in [1.54, 1.807) is 0 Å². The molecule has 1 aromatic heterocycles. The number of carboxylic acids is 1. The number of carbonyl (C=O) groups excluding carboxylic acids is 1. The van der Waals surface area contributed by atoms with Crippen molar-refractivity contribution in [2.75, 3.05) is 6.54 Å². The van der Waals surface area contributed by atoms with Gasteiger partial charge in [0.15, 0.2) is 11.6 Å². The van der Waals surface area contributed by atoms with E-state index in [1.807, 2.05) is 24.3 Å². The van der Waals surface area contributed by atoms with Gasteiger partial charge in [0.2, 0.25) is 0 Å². The van der Waals surface area contributed by atoms with E-state index >= 15 is 0 Å². The van der Waals surface area contributed by atoms with Crippen molar-refractivity contribution in [2.45, 2.75) is 18.3 Å². The number of amides is 1. The molecule has 0 atom stereocenters. The fraction of sp³-hybridized carbons (Fsp3) is 0.182. The zero-order valence-electron chi connectivity index (χ0n) is 15.2. The SMILES string of the molecule is O=C(O)C1=CN(C(=O)c2ccc(F)c(F)c2)CC2(CC2)c2c1[nH]c1ccccc21. The van der Waals surface area contributed by atoms with Crippen LogP contribution in [0.5, 0.6) is 0 Å². The third-order valence-electron chi connectivity index (χ3n) is 5.78. The number of rotatable bonds is 2. The zero-order chi connectivity index (χ0) is 20.3. The molecule has 0 saturated heterocycles. The van der Waals surface area contributed by atoms with E-state index in [-0.39, 0.29) is 23.1 Å². The van der Waals surface area contributed by atoms with Crippen LogP contribution in [0.1, 0.15) is 34.5 Å². The highest BCUT2D eigenvalue weighted by atomic mass is 19.2. The van der Waals surface area contributed by atoms with E-state index < -0.39 is 23.5 Å². The molecule has 2 aromatic carbocycles. The van der Waals surface area contributed by atoms with Gasteiger partial charge in [-0.15, -0.1) is 0 Å². The Labute approximate surface area is 164 Å². The summed E-state index contributed by atoms with van der Waals surface area (Å²) < 4.78 is 26.9. The predicted octanol–water partition coefficient (Wildman–Crippen LogP) is 4.06. The van der Waals surface area contributed by atoms with Crippen LogP contribution in [0.25, 0.3) is 16.5 Å². The number of para-hydroxylation sites is 1. The summed E-state index contributed by atoms with van der Waals surface area (Å²) >= 11 is 0. The number of fused-ring (bicyclic) bond motifs is 4. The summed E-state index contributed by atoms with van der Waals surface area (Å²) in [4.78, 5) is 29.6. The predicted molar refractivity (Wildman–Crippen MR) is 102 cm³/mol. The van der Waals surface area contributed by atoms with Crippen molar-refractivity contribution in [1.82, 2.24) is 9.88 Å². The monoisotopic (exact) mass is 394 g/mol. The summed E-state index contributed by atoms with van der Waals surface area (Å²) in [6.45, 7) is 0.274. The number of carboxylic acid groups (broad SMARTS) is 1. The first kappa shape index (κ1) is 17.6. The van der Waals surface area contributed by atoms with Crippen LogP contribution >= 0.6 is 0 Å². The maximum atomic E-state index is 13.6. The molecule has 7 heteroatoms. The van der Waals surface area contributed by atoms with Gasteiger partial charge in [-0.25, -0.2) is 13.6 Å². The number of aliphatic carboxylic acids is 1. The Morgan fingerprint density at radius 1 is 1.07 bits per heavy atom. The summed E-state index contributed by atoms with van der Waals surface area (Å²) in [6, 6.07) is 10.5. The molecule has 3 aromatic rings. The lowest BCUT2D eigenvalue weighted by Crippen LogP contribution is -2.33. The normalized spacial score (nSPS) is 17.0. The maximum absolute atomic E-state index is 13.6. The second-order valence-electron chi connectivity index (χ2n) is 7.61. The van der Waals surface area contributed by atoms with Crippen molar-refractivity contribution in [3.63, 3.8) is 0 Å². The van der Waals surface area contributed by atoms with Gasteiger partial charge >= 0.3 is 5.97 Å². The summed E-state index contributed by atoms with van der Waals surface area (Å²) in [7, 11) is 0. The molecule has 2 aliphatic rings. The Morgan fingerprint density at radius 3 is 2.52 bits per heavy atom. The Balaban J connectivity index is 1.66. The molecule has 1 fully saturated rings. The van der Waals surface area contributed by atoms with Gasteiger partial charge in [0.05, 0.1) is 11.3 Å². The molecule has 0 bridgehead atoms. The smallest absolute Gasteiger partial charge is 0.339 e. The number of H-pyrrole nitrogens is 1. The number of carbonyl (C=O) groups is 2. The first-order chi connectivity index (χ1) is 13.9. The minimum absolute atomic E-state index is 0.0314. The number of hydrogen-bond donors (Lipinski definition) is 2. The first-order valence-electron chi connectivity index (χ1n) is 9.22. The fourth-order valence-corrected chi connectivity index (χ4v) is 4.21. The van der Waals surface area contributed by atoms with Crippen molar-refractivity contribution < 1.29 is 23.5 Å². The van der Waals surface area contributed by atoms with Crippen LogP contribution < -0.4 is 0 Å². The number of hydrogen-bond acceptors (Lipinski definition) is 2. The lowest BCUT2D eigenvalue weighted by molar-refractivity contribution is -0.130. The number of aromatic amines is 1. The summed E-state index contributed by atoms with van der Waals surface area (Å²) in [5, 5.41) is 10.8. The molecule has 1 amide bonds. The quantitative estimate of drug-likeness (QED) is 0.689. The third-order valence-corrected chi connectivity index (χ3v) is 5.78. The van der Waals surface area contributed by atoms with Crippen molar-refractivity contribution in [3.8, 4) is 0 Å². The molecule has 0 unspecified atom stereocenters. The molecule has 1 aliphatic heterocycles. The molecule has 1 aliphatic carbocycles. The van der Waals surface area contributed by atoms with E-state index in [0.29, 0.717) is 5.69 Å². The molecule has 1 spiro atoms. The number of nitrogens with zero attached hydrogens (tertiary/aromatic N) is 1. The molecule has 2 heterocycles. The topological polar surface area (TPSA) is 73.4 Å². The number of benzene rings is 2. The van der Waals surface area contributed by atoms with E-state index in [2.05, 4.69) is 4.98 Å². The van der Waals surface area contributed by atoms with Gasteiger partial charge in [0, 0.05) is 34.6 Å². The fourth-order valence-electron chi connectivity index (χ4n) is 4.21. The van der Waals surface area contributed by atoms with Crippen molar-refractivity contribution in [1.29, 1.82) is 0 Å². The second kappa shape index (κ2) is 6.01. The van der Waals surface area contributed by atoms with Gasteiger partial charge in [-0.3, -0.25) is 4.79 Å². The average molecular weight is 394 g/mol. The number of aromatic nitrogens is 1. The van der Waals surface area contributed by atoms with Gasteiger partial charge in [-0.2, -0.15) is 0 Å². The summed E-state index contributed by atoms with van der Waals surface area (Å²) in [6.07, 6.45) is 2.92. The van der Waals surface area contributed by atoms with Gasteiger partial charge in [0.1, 0.15) is 0 Å². The largest absolute Gasteiger partial charge is 0.478 e. The first-order valence-corrected chi connectivity index (χ1v) is 9.22. The van der Waals surface area contributed by atoms with E-state index in [1.165, 1.54) is 17.2 Å². The van der Waals surface area contributed by atoms with Crippen LogP contribution in [-0.2, 0) is 10.2 Å². The highest BCUT2D eigenvalue weighted by molar-refractivity contribution is 6.17. The lowest BCUT2D eigenvalue weighted by atomic mass is 9.91. The number of halogens is 2. The van der Waals surface area contributed by atoms with Crippen molar-refractivity contribution in [3.05, 3.63) is 77.1 Å². The third kappa shape index (κ3) is 2.65. The maximum Gasteiger partial charge on any atom is 0.339 e. The molecule has 29 heavy (non-hydrogen) atoms.